The van der Waals surface area contributed by atoms with Gasteiger partial charge in [-0.1, -0.05) is 3.89 Å². The number of rotatable bonds is 4. The minimum atomic E-state index is -5.10. The smallest absolute Gasteiger partial charge is 0.358 e. The monoisotopic (exact) mass is 269 g/mol. The van der Waals surface area contributed by atoms with Crippen LogP contribution in [0.1, 0.15) is 0 Å². The summed E-state index contributed by atoms with van der Waals surface area (Å²) >= 11 is 0. The molecule has 0 amide bonds. The van der Waals surface area contributed by atoms with E-state index in [9.17, 15) is 20.7 Å². The van der Waals surface area contributed by atoms with E-state index in [0.717, 1.165) is 24.3 Å². The zero-order chi connectivity index (χ0) is 12.4. The minimum Gasteiger partial charge on any atom is -0.358 e. The second-order valence-electron chi connectivity index (χ2n) is 2.66. The van der Waals surface area contributed by atoms with Gasteiger partial charge in [-0.2, -0.15) is 8.42 Å². The topological polar surface area (TPSA) is 89.5 Å². The van der Waals surface area contributed by atoms with Crippen molar-refractivity contribution in [2.75, 3.05) is 7.05 Å². The van der Waals surface area contributed by atoms with Crippen LogP contribution >= 0.6 is 0 Å². The van der Waals surface area contributed by atoms with Gasteiger partial charge in [0.25, 0.3) is 0 Å². The Hall–Kier alpha value is -1.19. The van der Waals surface area contributed by atoms with Gasteiger partial charge in [-0.05, 0) is 31.3 Å². The van der Waals surface area contributed by atoms with Gasteiger partial charge in [-0.25, -0.2) is 13.1 Å². The average molecular weight is 269 g/mol. The first kappa shape index (κ1) is 12.9. The molecule has 16 heavy (non-hydrogen) atoms. The van der Waals surface area contributed by atoms with Crippen LogP contribution in [-0.4, -0.2) is 23.9 Å². The van der Waals surface area contributed by atoms with Gasteiger partial charge in [0.2, 0.25) is 10.0 Å². The van der Waals surface area contributed by atoms with Gasteiger partial charge in [0.1, 0.15) is 5.75 Å². The molecule has 1 N–H and O–H groups in total. The normalized spacial score (nSPS) is 12.4. The molecule has 9 heteroatoms. The molecule has 6 nitrogen and oxygen atoms in total. The van der Waals surface area contributed by atoms with Crippen molar-refractivity contribution in [3.63, 3.8) is 0 Å². The molecule has 0 aromatic heterocycles. The molecule has 1 aromatic carbocycles. The minimum absolute atomic E-state index is 0.0846. The number of halogens is 1. The van der Waals surface area contributed by atoms with Crippen molar-refractivity contribution in [3.8, 4) is 5.75 Å². The molecule has 0 aliphatic rings. The third kappa shape index (κ3) is 3.43. The summed E-state index contributed by atoms with van der Waals surface area (Å²) in [6, 6.07) is 4.24. The van der Waals surface area contributed by atoms with Gasteiger partial charge >= 0.3 is 10.5 Å². The number of sulfonamides is 1. The van der Waals surface area contributed by atoms with E-state index in [1.54, 1.807) is 0 Å². The highest BCUT2D eigenvalue weighted by molar-refractivity contribution is 7.89. The summed E-state index contributed by atoms with van der Waals surface area (Å²) in [5, 5.41) is 0. The lowest BCUT2D eigenvalue weighted by Gasteiger charge is -2.03. The van der Waals surface area contributed by atoms with Crippen LogP contribution < -0.4 is 8.91 Å². The molecule has 0 bridgehead atoms. The third-order valence-corrected chi connectivity index (χ3v) is 3.42. The van der Waals surface area contributed by atoms with E-state index in [-0.39, 0.29) is 10.6 Å². The van der Waals surface area contributed by atoms with Gasteiger partial charge in [-0.3, -0.25) is 0 Å². The second kappa shape index (κ2) is 4.36. The predicted molar refractivity (Wildman–Crippen MR) is 53.3 cm³/mol. The first-order valence-corrected chi connectivity index (χ1v) is 6.71. The van der Waals surface area contributed by atoms with E-state index >= 15 is 0 Å². The summed E-state index contributed by atoms with van der Waals surface area (Å²) < 4.78 is 60.8. The van der Waals surface area contributed by atoms with E-state index in [0.29, 0.717) is 0 Å². The van der Waals surface area contributed by atoms with Crippen molar-refractivity contribution in [2.24, 2.45) is 0 Å². The maximum absolute atomic E-state index is 12.1. The first-order chi connectivity index (χ1) is 7.24. The summed E-state index contributed by atoms with van der Waals surface area (Å²) in [5.41, 5.74) is 0. The van der Waals surface area contributed by atoms with E-state index in [1.807, 2.05) is 0 Å². The summed E-state index contributed by atoms with van der Waals surface area (Å²) in [6.45, 7) is 0. The van der Waals surface area contributed by atoms with Crippen LogP contribution in [0, 0.1) is 0 Å². The average Bonchev–Trinajstić information content (AvgIpc) is 2.16. The zero-order valence-electron chi connectivity index (χ0n) is 8.05. The Labute approximate surface area is 92.5 Å². The van der Waals surface area contributed by atoms with Crippen LogP contribution in [0.25, 0.3) is 0 Å². The maximum atomic E-state index is 12.1. The second-order valence-corrected chi connectivity index (χ2v) is 5.49. The Bertz CT molecular complexity index is 563. The Morgan fingerprint density at radius 2 is 1.62 bits per heavy atom. The molecule has 90 valence electrons. The van der Waals surface area contributed by atoms with Crippen molar-refractivity contribution < 1.29 is 24.9 Å². The molecular formula is C7H8FNO5S2. The molecule has 0 aliphatic carbocycles. The van der Waals surface area contributed by atoms with Gasteiger partial charge in [0.05, 0.1) is 4.90 Å². The van der Waals surface area contributed by atoms with E-state index in [4.69, 9.17) is 0 Å². The van der Waals surface area contributed by atoms with E-state index < -0.39 is 20.5 Å². The van der Waals surface area contributed by atoms with E-state index in [2.05, 4.69) is 8.91 Å². The van der Waals surface area contributed by atoms with Gasteiger partial charge in [-0.15, -0.1) is 0 Å². The van der Waals surface area contributed by atoms with Crippen LogP contribution in [-0.2, 0) is 20.5 Å². The van der Waals surface area contributed by atoms with Gasteiger partial charge in [0.15, 0.2) is 0 Å². The third-order valence-electron chi connectivity index (χ3n) is 1.60. The molecule has 0 spiro atoms. The van der Waals surface area contributed by atoms with Crippen LogP contribution in [0.4, 0.5) is 3.89 Å². The molecule has 0 atom stereocenters. The van der Waals surface area contributed by atoms with Crippen LogP contribution in [0.3, 0.4) is 0 Å². The highest BCUT2D eigenvalue weighted by Crippen LogP contribution is 2.17. The van der Waals surface area contributed by atoms with Crippen molar-refractivity contribution >= 4 is 20.5 Å². The number of benzene rings is 1. The molecule has 0 saturated carbocycles. The molecule has 1 aromatic rings. The van der Waals surface area contributed by atoms with Crippen molar-refractivity contribution in [3.05, 3.63) is 24.3 Å². The number of hydrogen-bond acceptors (Lipinski definition) is 5. The summed E-state index contributed by atoms with van der Waals surface area (Å²) in [6.07, 6.45) is 0. The molecule has 0 fully saturated rings. The molecule has 0 radical (unpaired) electrons. The summed E-state index contributed by atoms with van der Waals surface area (Å²) in [7, 11) is -7.48. The lowest BCUT2D eigenvalue weighted by molar-refractivity contribution is 0.440. The first-order valence-electron chi connectivity index (χ1n) is 3.92. The van der Waals surface area contributed by atoms with E-state index in [1.165, 1.54) is 7.05 Å². The van der Waals surface area contributed by atoms with Crippen molar-refractivity contribution in [1.82, 2.24) is 4.72 Å². The summed E-state index contributed by atoms with van der Waals surface area (Å²) in [5.74, 6) is -0.308. The molecule has 0 saturated heterocycles. The van der Waals surface area contributed by atoms with Gasteiger partial charge < -0.3 is 4.18 Å². The van der Waals surface area contributed by atoms with Gasteiger partial charge in [0, 0.05) is 0 Å². The Balaban J connectivity index is 3.01. The lowest BCUT2D eigenvalue weighted by atomic mass is 10.3. The molecule has 0 heterocycles. The molecular weight excluding hydrogens is 261 g/mol. The van der Waals surface area contributed by atoms with Crippen LogP contribution in [0.15, 0.2) is 29.2 Å². The van der Waals surface area contributed by atoms with Crippen molar-refractivity contribution in [2.45, 2.75) is 4.90 Å². The zero-order valence-corrected chi connectivity index (χ0v) is 9.68. The Morgan fingerprint density at radius 3 is 2.00 bits per heavy atom. The molecule has 1 rings (SSSR count). The summed E-state index contributed by atoms with van der Waals surface area (Å²) in [4.78, 5) is -0.0846. The SMILES string of the molecule is CNS(=O)(=O)c1ccc(OS(=O)(=O)F)cc1. The fourth-order valence-electron chi connectivity index (χ4n) is 0.907. The fraction of sp³-hybridized carbons (Fsp3) is 0.143. The lowest BCUT2D eigenvalue weighted by Crippen LogP contribution is -2.18. The molecule has 0 unspecified atom stereocenters. The quantitative estimate of drug-likeness (QED) is 0.788. The Morgan fingerprint density at radius 1 is 1.12 bits per heavy atom. The largest absolute Gasteiger partial charge is 0.488 e. The van der Waals surface area contributed by atoms with Crippen LogP contribution in [0.2, 0.25) is 0 Å². The number of nitrogens with one attached hydrogen (secondary N) is 1. The predicted octanol–water partition coefficient (Wildman–Crippen LogP) is 0.188. The number of hydrogen-bond donors (Lipinski definition) is 1. The highest BCUT2D eigenvalue weighted by atomic mass is 32.3. The van der Waals surface area contributed by atoms with Crippen LogP contribution in [0.5, 0.6) is 5.75 Å². The van der Waals surface area contributed by atoms with Crippen molar-refractivity contribution in [1.29, 1.82) is 0 Å². The maximum Gasteiger partial charge on any atom is 0.488 e. The standard InChI is InChI=1S/C7H8FNO5S2/c1-9-15(10,11)7-4-2-6(3-5-7)14-16(8,12)13/h2-5,9H,1H3. The Kier molecular flexibility index (Phi) is 3.51. The highest BCUT2D eigenvalue weighted by Gasteiger charge is 2.13. The fourth-order valence-corrected chi connectivity index (χ4v) is 1.98. The molecule has 0 aliphatic heterocycles.